The van der Waals surface area contributed by atoms with Crippen LogP contribution >= 0.6 is 0 Å². The molecule has 0 bridgehead atoms. The highest BCUT2D eigenvalue weighted by Crippen LogP contribution is 2.35. The van der Waals surface area contributed by atoms with Crippen LogP contribution in [0.25, 0.3) is 0 Å². The molecule has 0 aromatic heterocycles. The third-order valence-electron chi connectivity index (χ3n) is 2.12. The average molecular weight is 258 g/mol. The van der Waals surface area contributed by atoms with Gasteiger partial charge in [0.1, 0.15) is 5.82 Å². The van der Waals surface area contributed by atoms with E-state index >= 15 is 0 Å². The summed E-state index contributed by atoms with van der Waals surface area (Å²) in [5, 5.41) is 0. The van der Waals surface area contributed by atoms with Crippen molar-refractivity contribution in [1.29, 1.82) is 0 Å². The highest BCUT2D eigenvalue weighted by atomic mass is 19.4. The summed E-state index contributed by atoms with van der Waals surface area (Å²) in [7, 11) is 0. The van der Waals surface area contributed by atoms with E-state index in [1.807, 2.05) is 0 Å². The third kappa shape index (κ3) is 2.52. The Labute approximate surface area is 92.2 Å². The Hall–Kier alpha value is -1.28. The predicted octanol–water partition coefficient (Wildman–Crippen LogP) is 2.08. The SMILES string of the molecule is NCC(N)c1c(F)cc(C(F)(F)F)c(F)c1F. The summed E-state index contributed by atoms with van der Waals surface area (Å²) in [6.07, 6.45) is -5.18. The minimum absolute atomic E-state index is 0.136. The Kier molecular flexibility index (Phi) is 3.68. The van der Waals surface area contributed by atoms with Gasteiger partial charge in [0.05, 0.1) is 5.56 Å². The molecular weight excluding hydrogens is 250 g/mol. The fraction of sp³-hybridized carbons (Fsp3) is 0.333. The summed E-state index contributed by atoms with van der Waals surface area (Å²) in [6.45, 7) is -0.432. The minimum atomic E-state index is -5.18. The summed E-state index contributed by atoms with van der Waals surface area (Å²) >= 11 is 0. The molecular formula is C9H8F6N2. The van der Waals surface area contributed by atoms with E-state index in [1.54, 1.807) is 0 Å². The van der Waals surface area contributed by atoms with Gasteiger partial charge < -0.3 is 11.5 Å². The Balaban J connectivity index is 3.47. The summed E-state index contributed by atoms with van der Waals surface area (Å²) in [4.78, 5) is 0. The van der Waals surface area contributed by atoms with Crippen LogP contribution in [0.15, 0.2) is 6.07 Å². The summed E-state index contributed by atoms with van der Waals surface area (Å²) in [6, 6.07) is -1.55. The van der Waals surface area contributed by atoms with Crippen LogP contribution in [0.1, 0.15) is 17.2 Å². The minimum Gasteiger partial charge on any atom is -0.329 e. The Morgan fingerprint density at radius 2 is 1.65 bits per heavy atom. The van der Waals surface area contributed by atoms with Crippen molar-refractivity contribution in [2.75, 3.05) is 6.54 Å². The van der Waals surface area contributed by atoms with Crippen molar-refractivity contribution >= 4 is 0 Å². The molecule has 1 rings (SSSR count). The van der Waals surface area contributed by atoms with Crippen LogP contribution in [-0.2, 0) is 6.18 Å². The average Bonchev–Trinajstić information content (AvgIpc) is 2.21. The van der Waals surface area contributed by atoms with Gasteiger partial charge >= 0.3 is 6.18 Å². The van der Waals surface area contributed by atoms with Gasteiger partial charge in [0.15, 0.2) is 11.6 Å². The van der Waals surface area contributed by atoms with Crippen LogP contribution in [0.2, 0.25) is 0 Å². The van der Waals surface area contributed by atoms with Crippen molar-refractivity contribution in [3.8, 4) is 0 Å². The lowest BCUT2D eigenvalue weighted by Gasteiger charge is -2.15. The molecule has 0 aliphatic rings. The molecule has 0 aliphatic heterocycles. The molecule has 96 valence electrons. The number of hydrogen-bond acceptors (Lipinski definition) is 2. The Morgan fingerprint density at radius 3 is 2.06 bits per heavy atom. The number of rotatable bonds is 2. The second kappa shape index (κ2) is 4.53. The van der Waals surface area contributed by atoms with Gasteiger partial charge in [0.25, 0.3) is 0 Å². The van der Waals surface area contributed by atoms with Gasteiger partial charge in [-0.3, -0.25) is 0 Å². The van der Waals surface area contributed by atoms with Crippen molar-refractivity contribution in [3.05, 3.63) is 34.6 Å². The third-order valence-corrected chi connectivity index (χ3v) is 2.12. The zero-order valence-corrected chi connectivity index (χ0v) is 8.28. The molecule has 0 spiro atoms. The summed E-state index contributed by atoms with van der Waals surface area (Å²) in [5.41, 5.74) is 7.18. The van der Waals surface area contributed by atoms with Gasteiger partial charge in [-0.05, 0) is 6.07 Å². The monoisotopic (exact) mass is 258 g/mol. The largest absolute Gasteiger partial charge is 0.419 e. The molecule has 1 atom stereocenters. The molecule has 0 saturated heterocycles. The van der Waals surface area contributed by atoms with E-state index in [9.17, 15) is 26.3 Å². The lowest BCUT2D eigenvalue weighted by molar-refractivity contribution is -0.140. The molecule has 0 radical (unpaired) electrons. The van der Waals surface area contributed by atoms with Crippen molar-refractivity contribution in [2.45, 2.75) is 12.2 Å². The Morgan fingerprint density at radius 1 is 1.12 bits per heavy atom. The maximum Gasteiger partial charge on any atom is 0.419 e. The van der Waals surface area contributed by atoms with E-state index < -0.39 is 47.3 Å². The van der Waals surface area contributed by atoms with Crippen LogP contribution < -0.4 is 11.5 Å². The quantitative estimate of drug-likeness (QED) is 0.630. The lowest BCUT2D eigenvalue weighted by Crippen LogP contribution is -2.25. The first-order valence-electron chi connectivity index (χ1n) is 4.40. The number of benzene rings is 1. The first-order valence-corrected chi connectivity index (χ1v) is 4.40. The molecule has 17 heavy (non-hydrogen) atoms. The van der Waals surface area contributed by atoms with E-state index in [0.717, 1.165) is 0 Å². The fourth-order valence-electron chi connectivity index (χ4n) is 1.27. The lowest BCUT2D eigenvalue weighted by atomic mass is 10.0. The number of nitrogens with two attached hydrogens (primary N) is 2. The Bertz CT molecular complexity index is 428. The second-order valence-corrected chi connectivity index (χ2v) is 3.29. The standard InChI is InChI=1S/C9H8F6N2/c10-4-1-3(9(13,14)15)7(11)8(12)6(4)5(17)2-16/h1,5H,2,16-17H2. The van der Waals surface area contributed by atoms with Crippen LogP contribution in [0.5, 0.6) is 0 Å². The van der Waals surface area contributed by atoms with E-state index in [-0.39, 0.29) is 6.07 Å². The number of hydrogen-bond donors (Lipinski definition) is 2. The molecule has 0 heterocycles. The molecule has 0 amide bonds. The molecule has 8 heteroatoms. The van der Waals surface area contributed by atoms with Gasteiger partial charge in [-0.15, -0.1) is 0 Å². The van der Waals surface area contributed by atoms with Gasteiger partial charge in [0, 0.05) is 18.2 Å². The highest BCUT2D eigenvalue weighted by Gasteiger charge is 2.38. The van der Waals surface area contributed by atoms with Crippen molar-refractivity contribution in [1.82, 2.24) is 0 Å². The van der Waals surface area contributed by atoms with Gasteiger partial charge in [0.2, 0.25) is 0 Å². The highest BCUT2D eigenvalue weighted by molar-refractivity contribution is 5.32. The molecule has 0 fully saturated rings. The fourth-order valence-corrected chi connectivity index (χ4v) is 1.27. The van der Waals surface area contributed by atoms with Crippen LogP contribution in [0.4, 0.5) is 26.3 Å². The number of halogens is 6. The van der Waals surface area contributed by atoms with Crippen LogP contribution in [0.3, 0.4) is 0 Å². The summed E-state index contributed by atoms with van der Waals surface area (Å²) in [5.74, 6) is -5.72. The van der Waals surface area contributed by atoms with Gasteiger partial charge in [-0.2, -0.15) is 13.2 Å². The van der Waals surface area contributed by atoms with Crippen molar-refractivity contribution in [2.24, 2.45) is 11.5 Å². The maximum atomic E-state index is 13.2. The predicted molar refractivity (Wildman–Crippen MR) is 47.3 cm³/mol. The van der Waals surface area contributed by atoms with E-state index in [4.69, 9.17) is 11.5 Å². The number of alkyl halides is 3. The zero-order chi connectivity index (χ0) is 13.4. The molecule has 4 N–H and O–H groups in total. The molecule has 0 saturated carbocycles. The second-order valence-electron chi connectivity index (χ2n) is 3.29. The normalized spacial score (nSPS) is 13.9. The van der Waals surface area contributed by atoms with Gasteiger partial charge in [-0.25, -0.2) is 13.2 Å². The first kappa shape index (κ1) is 13.8. The molecule has 1 aromatic rings. The first-order chi connectivity index (χ1) is 7.70. The molecule has 1 unspecified atom stereocenters. The van der Waals surface area contributed by atoms with E-state index in [0.29, 0.717) is 0 Å². The topological polar surface area (TPSA) is 52.0 Å². The zero-order valence-electron chi connectivity index (χ0n) is 8.28. The molecule has 2 nitrogen and oxygen atoms in total. The van der Waals surface area contributed by atoms with Gasteiger partial charge in [-0.1, -0.05) is 0 Å². The maximum absolute atomic E-state index is 13.2. The summed E-state index contributed by atoms with van der Waals surface area (Å²) < 4.78 is 76.1. The van der Waals surface area contributed by atoms with Crippen LogP contribution in [-0.4, -0.2) is 6.54 Å². The van der Waals surface area contributed by atoms with E-state index in [2.05, 4.69) is 0 Å². The molecule has 0 aliphatic carbocycles. The van der Waals surface area contributed by atoms with Crippen molar-refractivity contribution < 1.29 is 26.3 Å². The van der Waals surface area contributed by atoms with Crippen LogP contribution in [0, 0.1) is 17.5 Å². The molecule has 1 aromatic carbocycles. The smallest absolute Gasteiger partial charge is 0.329 e. The van der Waals surface area contributed by atoms with E-state index in [1.165, 1.54) is 0 Å². The van der Waals surface area contributed by atoms with Crippen molar-refractivity contribution in [3.63, 3.8) is 0 Å².